The molecule has 4 heteroatoms. The molecule has 3 rings (SSSR count). The monoisotopic (exact) mass is 282 g/mol. The van der Waals surface area contributed by atoms with Crippen LogP contribution in [0.5, 0.6) is 0 Å². The van der Waals surface area contributed by atoms with Gasteiger partial charge in [0.05, 0.1) is 24.0 Å². The molecule has 3 fully saturated rings. The van der Waals surface area contributed by atoms with Gasteiger partial charge in [0.2, 0.25) is 0 Å². The molecule has 0 aromatic heterocycles. The minimum Gasteiger partial charge on any atom is -0.463 e. The molecule has 2 bridgehead atoms. The summed E-state index contributed by atoms with van der Waals surface area (Å²) in [6.07, 6.45) is 3.87. The van der Waals surface area contributed by atoms with E-state index >= 15 is 0 Å². The Morgan fingerprint density at radius 3 is 1.30 bits per heavy atom. The molecule has 3 aliphatic rings. The van der Waals surface area contributed by atoms with Crippen molar-refractivity contribution in [3.05, 3.63) is 0 Å². The summed E-state index contributed by atoms with van der Waals surface area (Å²) in [6.45, 7) is 7.39. The molecule has 2 atom stereocenters. The fourth-order valence-corrected chi connectivity index (χ4v) is 3.75. The van der Waals surface area contributed by atoms with Crippen LogP contribution in [0.25, 0.3) is 0 Å². The topological polar surface area (TPSA) is 52.6 Å². The van der Waals surface area contributed by atoms with Crippen LogP contribution in [0.1, 0.15) is 53.4 Å². The van der Waals surface area contributed by atoms with Crippen LogP contribution in [-0.4, -0.2) is 24.1 Å². The maximum Gasteiger partial charge on any atom is 0.310 e. The summed E-state index contributed by atoms with van der Waals surface area (Å²) in [5, 5.41) is 0. The van der Waals surface area contributed by atoms with Gasteiger partial charge in [-0.15, -0.1) is 0 Å². The van der Waals surface area contributed by atoms with E-state index in [1.165, 1.54) is 0 Å². The Morgan fingerprint density at radius 2 is 1.05 bits per heavy atom. The number of carbonyl (C=O) groups is 2. The first-order valence-electron chi connectivity index (χ1n) is 7.81. The van der Waals surface area contributed by atoms with Crippen LogP contribution >= 0.6 is 0 Å². The van der Waals surface area contributed by atoms with Gasteiger partial charge in [-0.1, -0.05) is 0 Å². The van der Waals surface area contributed by atoms with Gasteiger partial charge in [0.1, 0.15) is 0 Å². The zero-order chi connectivity index (χ0) is 14.9. The smallest absolute Gasteiger partial charge is 0.310 e. The standard InChI is InChI=1S/C16H26O4/c1-9(2)19-15(17)13-11-5-7-12(8-6-11)14(13)16(18)20-10(3)4/h9-14H,5-8H2,1-4H3. The fourth-order valence-electron chi connectivity index (χ4n) is 3.75. The Balaban J connectivity index is 2.16. The Hall–Kier alpha value is -1.06. The second-order valence-electron chi connectivity index (χ2n) is 6.70. The highest BCUT2D eigenvalue weighted by Gasteiger charge is 2.51. The lowest BCUT2D eigenvalue weighted by Crippen LogP contribution is -2.49. The number of ether oxygens (including phenoxy) is 2. The minimum atomic E-state index is -0.295. The molecule has 3 saturated carbocycles. The summed E-state index contributed by atoms with van der Waals surface area (Å²) in [5.41, 5.74) is 0. The van der Waals surface area contributed by atoms with Crippen molar-refractivity contribution in [2.75, 3.05) is 0 Å². The number of fused-ring (bicyclic) bond motifs is 3. The first-order valence-corrected chi connectivity index (χ1v) is 7.81. The van der Waals surface area contributed by atoms with E-state index in [1.807, 2.05) is 27.7 Å². The maximum absolute atomic E-state index is 12.4. The van der Waals surface area contributed by atoms with Gasteiger partial charge in [-0.25, -0.2) is 0 Å². The van der Waals surface area contributed by atoms with E-state index in [-0.39, 0.29) is 47.8 Å². The van der Waals surface area contributed by atoms with E-state index in [0.717, 1.165) is 25.7 Å². The molecule has 114 valence electrons. The lowest BCUT2D eigenvalue weighted by atomic mass is 9.58. The molecule has 0 amide bonds. The molecule has 20 heavy (non-hydrogen) atoms. The number of hydrogen-bond donors (Lipinski definition) is 0. The molecular weight excluding hydrogens is 256 g/mol. The molecule has 0 radical (unpaired) electrons. The molecule has 0 N–H and O–H groups in total. The second-order valence-corrected chi connectivity index (χ2v) is 6.70. The maximum atomic E-state index is 12.4. The third-order valence-corrected chi connectivity index (χ3v) is 4.47. The lowest BCUT2D eigenvalue weighted by Gasteiger charge is -2.46. The van der Waals surface area contributed by atoms with Crippen molar-refractivity contribution >= 4 is 11.9 Å². The van der Waals surface area contributed by atoms with Gasteiger partial charge in [0.15, 0.2) is 0 Å². The van der Waals surface area contributed by atoms with Crippen LogP contribution in [-0.2, 0) is 19.1 Å². The highest BCUT2D eigenvalue weighted by molar-refractivity contribution is 5.83. The fraction of sp³-hybridized carbons (Fsp3) is 0.875. The third kappa shape index (κ3) is 3.15. The van der Waals surface area contributed by atoms with Crippen LogP contribution in [0.2, 0.25) is 0 Å². The highest BCUT2D eigenvalue weighted by Crippen LogP contribution is 2.49. The van der Waals surface area contributed by atoms with E-state index in [0.29, 0.717) is 0 Å². The first kappa shape index (κ1) is 15.3. The summed E-state index contributed by atoms with van der Waals surface area (Å²) in [5.74, 6) is -0.431. The number of rotatable bonds is 4. The van der Waals surface area contributed by atoms with Crippen LogP contribution in [0.4, 0.5) is 0 Å². The van der Waals surface area contributed by atoms with Gasteiger partial charge >= 0.3 is 11.9 Å². The summed E-state index contributed by atoms with van der Waals surface area (Å²) in [4.78, 5) is 24.7. The Morgan fingerprint density at radius 1 is 0.750 bits per heavy atom. The van der Waals surface area contributed by atoms with E-state index in [2.05, 4.69) is 0 Å². The Labute approximate surface area is 121 Å². The molecule has 0 heterocycles. The van der Waals surface area contributed by atoms with Gasteiger partial charge in [-0.3, -0.25) is 9.59 Å². The lowest BCUT2D eigenvalue weighted by molar-refractivity contribution is -0.177. The van der Waals surface area contributed by atoms with Gasteiger partial charge in [0.25, 0.3) is 0 Å². The van der Waals surface area contributed by atoms with E-state index in [4.69, 9.17) is 9.47 Å². The average Bonchev–Trinajstić information content (AvgIpc) is 2.37. The molecule has 0 spiro atoms. The molecule has 2 unspecified atom stereocenters. The largest absolute Gasteiger partial charge is 0.463 e. The Kier molecular flexibility index (Phi) is 4.71. The predicted octanol–water partition coefficient (Wildman–Crippen LogP) is 2.94. The minimum absolute atomic E-state index is 0.135. The summed E-state index contributed by atoms with van der Waals surface area (Å²) in [7, 11) is 0. The van der Waals surface area contributed by atoms with Crippen molar-refractivity contribution in [1.29, 1.82) is 0 Å². The normalized spacial score (nSPS) is 32.5. The van der Waals surface area contributed by atoms with E-state index in [9.17, 15) is 9.59 Å². The summed E-state index contributed by atoms with van der Waals surface area (Å²) in [6, 6.07) is 0. The molecule has 0 saturated heterocycles. The van der Waals surface area contributed by atoms with E-state index < -0.39 is 0 Å². The van der Waals surface area contributed by atoms with Crippen molar-refractivity contribution in [3.63, 3.8) is 0 Å². The molecule has 0 aromatic rings. The third-order valence-electron chi connectivity index (χ3n) is 4.47. The van der Waals surface area contributed by atoms with Crippen molar-refractivity contribution in [2.45, 2.75) is 65.6 Å². The molecule has 0 aliphatic heterocycles. The molecule has 0 aromatic carbocycles. The number of carbonyl (C=O) groups excluding carboxylic acids is 2. The number of esters is 2. The zero-order valence-corrected chi connectivity index (χ0v) is 12.9. The molecular formula is C16H26O4. The second kappa shape index (κ2) is 6.15. The zero-order valence-electron chi connectivity index (χ0n) is 12.9. The van der Waals surface area contributed by atoms with Gasteiger partial charge in [0, 0.05) is 0 Å². The van der Waals surface area contributed by atoms with Gasteiger partial charge < -0.3 is 9.47 Å². The first-order chi connectivity index (χ1) is 9.40. The summed E-state index contributed by atoms with van der Waals surface area (Å²) >= 11 is 0. The highest BCUT2D eigenvalue weighted by atomic mass is 16.6. The van der Waals surface area contributed by atoms with Crippen LogP contribution in [0, 0.1) is 23.7 Å². The molecule has 3 aliphatic carbocycles. The van der Waals surface area contributed by atoms with Crippen molar-refractivity contribution in [1.82, 2.24) is 0 Å². The Bertz CT molecular complexity index is 331. The van der Waals surface area contributed by atoms with Crippen LogP contribution < -0.4 is 0 Å². The van der Waals surface area contributed by atoms with Crippen LogP contribution in [0.15, 0.2) is 0 Å². The average molecular weight is 282 g/mol. The van der Waals surface area contributed by atoms with Crippen LogP contribution in [0.3, 0.4) is 0 Å². The van der Waals surface area contributed by atoms with Crippen molar-refractivity contribution in [3.8, 4) is 0 Å². The van der Waals surface area contributed by atoms with Gasteiger partial charge in [-0.05, 0) is 65.2 Å². The van der Waals surface area contributed by atoms with Gasteiger partial charge in [-0.2, -0.15) is 0 Å². The SMILES string of the molecule is CC(C)OC(=O)C1C2CCC(CC2)C1C(=O)OC(C)C. The molecule has 4 nitrogen and oxygen atoms in total. The quantitative estimate of drug-likeness (QED) is 0.744. The van der Waals surface area contributed by atoms with Crippen molar-refractivity contribution in [2.24, 2.45) is 23.7 Å². The summed E-state index contributed by atoms with van der Waals surface area (Å²) < 4.78 is 10.8. The number of hydrogen-bond acceptors (Lipinski definition) is 4. The van der Waals surface area contributed by atoms with E-state index in [1.54, 1.807) is 0 Å². The van der Waals surface area contributed by atoms with Crippen molar-refractivity contribution < 1.29 is 19.1 Å². The predicted molar refractivity (Wildman–Crippen MR) is 74.9 cm³/mol.